The standard InChI is InChI=1S/C18H19NO4/c1-18(17(21)22,12-5-3-2-4-6-12)19-15-13-10-7-8-11(9-10)14(13)16(20)23-15/h2-8,10-11,13-15,19H,9H2,1H3,(H,21,22). The summed E-state index contributed by atoms with van der Waals surface area (Å²) in [4.78, 5) is 24.1. The zero-order valence-corrected chi connectivity index (χ0v) is 12.8. The van der Waals surface area contributed by atoms with Crippen molar-refractivity contribution < 1.29 is 19.4 Å². The van der Waals surface area contributed by atoms with Crippen molar-refractivity contribution in [3.8, 4) is 0 Å². The zero-order valence-electron chi connectivity index (χ0n) is 12.8. The summed E-state index contributed by atoms with van der Waals surface area (Å²) >= 11 is 0. The third-order valence-corrected chi connectivity index (χ3v) is 5.59. The normalized spacial score (nSPS) is 36.6. The molecule has 2 N–H and O–H groups in total. The number of carbonyl (C=O) groups is 2. The van der Waals surface area contributed by atoms with Gasteiger partial charge in [-0.05, 0) is 30.7 Å². The van der Waals surface area contributed by atoms with Crippen LogP contribution in [0.2, 0.25) is 0 Å². The summed E-state index contributed by atoms with van der Waals surface area (Å²) in [7, 11) is 0. The van der Waals surface area contributed by atoms with Gasteiger partial charge >= 0.3 is 11.9 Å². The Morgan fingerprint density at radius 2 is 1.96 bits per heavy atom. The van der Waals surface area contributed by atoms with Crippen LogP contribution in [0.3, 0.4) is 0 Å². The molecule has 120 valence electrons. The monoisotopic (exact) mass is 313 g/mol. The highest BCUT2D eigenvalue weighted by molar-refractivity contribution is 5.81. The van der Waals surface area contributed by atoms with E-state index in [4.69, 9.17) is 4.74 Å². The van der Waals surface area contributed by atoms with Gasteiger partial charge in [0.1, 0.15) is 5.54 Å². The third-order valence-electron chi connectivity index (χ3n) is 5.59. The average Bonchev–Trinajstić information content (AvgIpc) is 3.22. The Morgan fingerprint density at radius 1 is 1.26 bits per heavy atom. The minimum Gasteiger partial charge on any atom is -0.480 e. The molecule has 0 spiro atoms. The molecule has 6 atom stereocenters. The third kappa shape index (κ3) is 2.03. The first-order valence-corrected chi connectivity index (χ1v) is 7.96. The number of rotatable bonds is 4. The van der Waals surface area contributed by atoms with Gasteiger partial charge in [0, 0.05) is 5.92 Å². The fourth-order valence-corrected chi connectivity index (χ4v) is 4.34. The summed E-state index contributed by atoms with van der Waals surface area (Å²) in [6.45, 7) is 1.62. The fourth-order valence-electron chi connectivity index (χ4n) is 4.34. The molecule has 1 saturated carbocycles. The van der Waals surface area contributed by atoms with Crippen molar-refractivity contribution in [1.82, 2.24) is 5.32 Å². The van der Waals surface area contributed by atoms with Crippen molar-refractivity contribution in [1.29, 1.82) is 0 Å². The van der Waals surface area contributed by atoms with E-state index in [9.17, 15) is 14.7 Å². The maximum absolute atomic E-state index is 12.2. The van der Waals surface area contributed by atoms with Crippen molar-refractivity contribution in [3.05, 3.63) is 48.0 Å². The molecule has 2 fully saturated rings. The van der Waals surface area contributed by atoms with Crippen LogP contribution in [0.4, 0.5) is 0 Å². The summed E-state index contributed by atoms with van der Waals surface area (Å²) in [5, 5.41) is 12.9. The second kappa shape index (κ2) is 4.93. The molecule has 2 aliphatic carbocycles. The number of aliphatic carboxylic acids is 1. The van der Waals surface area contributed by atoms with Gasteiger partial charge in [-0.25, -0.2) is 4.79 Å². The lowest BCUT2D eigenvalue weighted by atomic mass is 9.82. The van der Waals surface area contributed by atoms with Crippen LogP contribution in [-0.2, 0) is 19.9 Å². The quantitative estimate of drug-likeness (QED) is 0.656. The second-order valence-electron chi connectivity index (χ2n) is 6.85. The average molecular weight is 313 g/mol. The van der Waals surface area contributed by atoms with Gasteiger partial charge in [0.2, 0.25) is 0 Å². The van der Waals surface area contributed by atoms with E-state index < -0.39 is 17.7 Å². The predicted molar refractivity (Wildman–Crippen MR) is 82.2 cm³/mol. The number of carbonyl (C=O) groups excluding carboxylic acids is 1. The fraction of sp³-hybridized carbons (Fsp3) is 0.444. The smallest absolute Gasteiger partial charge is 0.328 e. The molecule has 5 nitrogen and oxygen atoms in total. The molecule has 1 saturated heterocycles. The Labute approximate surface area is 134 Å². The summed E-state index contributed by atoms with van der Waals surface area (Å²) in [6, 6.07) is 9.01. The van der Waals surface area contributed by atoms with Gasteiger partial charge in [0.15, 0.2) is 6.23 Å². The van der Waals surface area contributed by atoms with Crippen LogP contribution in [0.15, 0.2) is 42.5 Å². The van der Waals surface area contributed by atoms with E-state index in [1.54, 1.807) is 19.1 Å². The molecule has 6 unspecified atom stereocenters. The molecule has 1 aliphatic heterocycles. The molecule has 23 heavy (non-hydrogen) atoms. The Bertz CT molecular complexity index is 686. The first-order chi connectivity index (χ1) is 11.0. The Morgan fingerprint density at radius 3 is 2.65 bits per heavy atom. The molecule has 2 bridgehead atoms. The molecule has 4 rings (SSSR count). The highest BCUT2D eigenvalue weighted by Gasteiger charge is 2.59. The van der Waals surface area contributed by atoms with Crippen molar-refractivity contribution in [2.45, 2.75) is 25.1 Å². The second-order valence-corrected chi connectivity index (χ2v) is 6.85. The number of benzene rings is 1. The lowest BCUT2D eigenvalue weighted by Gasteiger charge is -2.33. The molecule has 1 aromatic rings. The van der Waals surface area contributed by atoms with Crippen LogP contribution in [0, 0.1) is 23.7 Å². The van der Waals surface area contributed by atoms with Crippen LogP contribution >= 0.6 is 0 Å². The number of ether oxygens (including phenoxy) is 1. The minimum absolute atomic E-state index is 0.0277. The molecular formula is C18H19NO4. The van der Waals surface area contributed by atoms with Crippen LogP contribution in [-0.4, -0.2) is 23.3 Å². The lowest BCUT2D eigenvalue weighted by Crippen LogP contribution is -2.53. The summed E-state index contributed by atoms with van der Waals surface area (Å²) in [5.74, 6) is -0.747. The number of hydrogen-bond acceptors (Lipinski definition) is 4. The molecule has 3 aliphatic rings. The molecule has 1 aromatic carbocycles. The SMILES string of the molecule is CC(NC1OC(=O)C2C3C=CC(C3)C12)(C(=O)O)c1ccccc1. The van der Waals surface area contributed by atoms with E-state index in [-0.39, 0.29) is 23.7 Å². The number of esters is 1. The molecule has 1 heterocycles. The number of allylic oxidation sites excluding steroid dienone is 2. The molecular weight excluding hydrogens is 294 g/mol. The Balaban J connectivity index is 1.65. The van der Waals surface area contributed by atoms with E-state index >= 15 is 0 Å². The minimum atomic E-state index is -1.30. The number of carboxylic acids is 1. The number of carboxylic acid groups (broad SMARTS) is 1. The number of hydrogen-bond donors (Lipinski definition) is 2. The number of cyclic esters (lactones) is 1. The predicted octanol–water partition coefficient (Wildman–Crippen LogP) is 1.90. The van der Waals surface area contributed by atoms with Gasteiger partial charge in [-0.15, -0.1) is 0 Å². The molecule has 5 heteroatoms. The first-order valence-electron chi connectivity index (χ1n) is 7.96. The van der Waals surface area contributed by atoms with Crippen LogP contribution < -0.4 is 5.32 Å². The Hall–Kier alpha value is -2.14. The molecule has 0 radical (unpaired) electrons. The van der Waals surface area contributed by atoms with Crippen LogP contribution in [0.5, 0.6) is 0 Å². The van der Waals surface area contributed by atoms with E-state index in [2.05, 4.69) is 17.5 Å². The van der Waals surface area contributed by atoms with E-state index in [0.717, 1.165) is 6.42 Å². The van der Waals surface area contributed by atoms with E-state index in [1.807, 2.05) is 18.2 Å². The first kappa shape index (κ1) is 14.5. The van der Waals surface area contributed by atoms with E-state index in [1.165, 1.54) is 0 Å². The van der Waals surface area contributed by atoms with Gasteiger partial charge < -0.3 is 9.84 Å². The van der Waals surface area contributed by atoms with Gasteiger partial charge in [-0.2, -0.15) is 0 Å². The maximum Gasteiger partial charge on any atom is 0.328 e. The topological polar surface area (TPSA) is 75.6 Å². The van der Waals surface area contributed by atoms with Crippen LogP contribution in [0.1, 0.15) is 18.9 Å². The largest absolute Gasteiger partial charge is 0.480 e. The van der Waals surface area contributed by atoms with Crippen molar-refractivity contribution in [2.75, 3.05) is 0 Å². The van der Waals surface area contributed by atoms with Crippen molar-refractivity contribution in [3.63, 3.8) is 0 Å². The maximum atomic E-state index is 12.2. The van der Waals surface area contributed by atoms with Gasteiger partial charge in [0.05, 0.1) is 5.92 Å². The highest BCUT2D eigenvalue weighted by Crippen LogP contribution is 2.53. The summed E-state index contributed by atoms with van der Waals surface area (Å²) < 4.78 is 5.52. The van der Waals surface area contributed by atoms with Crippen molar-refractivity contribution in [2.24, 2.45) is 23.7 Å². The van der Waals surface area contributed by atoms with E-state index in [0.29, 0.717) is 11.5 Å². The highest BCUT2D eigenvalue weighted by atomic mass is 16.6. The summed E-state index contributed by atoms with van der Waals surface area (Å²) in [6.07, 6.45) is 4.65. The van der Waals surface area contributed by atoms with Gasteiger partial charge in [0.25, 0.3) is 0 Å². The van der Waals surface area contributed by atoms with Gasteiger partial charge in [-0.3, -0.25) is 10.1 Å². The number of nitrogens with one attached hydrogen (secondary N) is 1. The van der Waals surface area contributed by atoms with Crippen LogP contribution in [0.25, 0.3) is 0 Å². The molecule has 0 aromatic heterocycles. The lowest BCUT2D eigenvalue weighted by molar-refractivity contribution is -0.153. The van der Waals surface area contributed by atoms with Gasteiger partial charge in [-0.1, -0.05) is 42.5 Å². The van der Waals surface area contributed by atoms with Crippen molar-refractivity contribution >= 4 is 11.9 Å². The zero-order chi connectivity index (χ0) is 16.2. The number of fused-ring (bicyclic) bond motifs is 5. The Kier molecular flexibility index (Phi) is 3.10. The summed E-state index contributed by atoms with van der Waals surface area (Å²) in [5.41, 5.74) is -0.655. The molecule has 0 amide bonds.